The fourth-order valence-electron chi connectivity index (χ4n) is 4.14. The van der Waals surface area contributed by atoms with Crippen LogP contribution in [0.5, 0.6) is 0 Å². The molecule has 2 aromatic rings. The lowest BCUT2D eigenvalue weighted by Gasteiger charge is -2.39. The highest BCUT2D eigenvalue weighted by Crippen LogP contribution is 2.27. The fourth-order valence-corrected chi connectivity index (χ4v) is 4.14. The van der Waals surface area contributed by atoms with Gasteiger partial charge in [0.15, 0.2) is 0 Å². The second-order valence-corrected chi connectivity index (χ2v) is 8.23. The summed E-state index contributed by atoms with van der Waals surface area (Å²) < 4.78 is 0. The third-order valence-corrected chi connectivity index (χ3v) is 6.28. The van der Waals surface area contributed by atoms with Crippen molar-refractivity contribution in [2.24, 2.45) is 0 Å². The van der Waals surface area contributed by atoms with Crippen molar-refractivity contribution in [2.45, 2.75) is 46.6 Å². The number of aryl methyl sites for hydroxylation is 2. The van der Waals surface area contributed by atoms with Gasteiger partial charge in [0.25, 0.3) is 11.8 Å². The molecule has 0 aromatic heterocycles. The summed E-state index contributed by atoms with van der Waals surface area (Å²) in [6.07, 6.45) is 0.367. The molecule has 0 saturated carbocycles. The van der Waals surface area contributed by atoms with Crippen LogP contribution in [0.1, 0.15) is 59.0 Å². The maximum absolute atomic E-state index is 13.4. The van der Waals surface area contributed by atoms with E-state index in [1.54, 1.807) is 38.1 Å². The molecular weight excluding hydrogens is 406 g/mol. The summed E-state index contributed by atoms with van der Waals surface area (Å²) in [5.74, 6) is -1.75. The molecule has 0 radical (unpaired) electrons. The first kappa shape index (κ1) is 23.2. The molecule has 4 amide bonds. The molecule has 32 heavy (non-hydrogen) atoms. The number of fused-ring (bicyclic) bond motifs is 1. The van der Waals surface area contributed by atoms with Crippen molar-refractivity contribution in [3.05, 3.63) is 64.7 Å². The van der Waals surface area contributed by atoms with E-state index in [9.17, 15) is 19.2 Å². The zero-order valence-corrected chi connectivity index (χ0v) is 19.2. The Balaban J connectivity index is 1.83. The number of para-hydroxylation sites is 1. The quantitative estimate of drug-likeness (QED) is 0.674. The van der Waals surface area contributed by atoms with Crippen molar-refractivity contribution >= 4 is 29.3 Å². The highest BCUT2D eigenvalue weighted by Gasteiger charge is 2.43. The van der Waals surface area contributed by atoms with Gasteiger partial charge in [0.1, 0.15) is 12.1 Å². The zero-order valence-electron chi connectivity index (χ0n) is 19.2. The Bertz CT molecular complexity index is 1040. The van der Waals surface area contributed by atoms with Gasteiger partial charge in [-0.3, -0.25) is 24.1 Å². The highest BCUT2D eigenvalue weighted by molar-refractivity contribution is 6.22. The Hall–Kier alpha value is -3.48. The number of carbonyl (C=O) groups excluding carboxylic acids is 4. The van der Waals surface area contributed by atoms with Crippen molar-refractivity contribution in [1.82, 2.24) is 9.80 Å². The van der Waals surface area contributed by atoms with Gasteiger partial charge in [-0.1, -0.05) is 37.3 Å². The molecule has 0 aliphatic carbocycles. The van der Waals surface area contributed by atoms with E-state index in [-0.39, 0.29) is 12.5 Å². The first-order valence-electron chi connectivity index (χ1n) is 10.8. The van der Waals surface area contributed by atoms with E-state index in [0.717, 1.165) is 21.7 Å². The monoisotopic (exact) mass is 435 g/mol. The predicted octanol–water partition coefficient (Wildman–Crippen LogP) is 3.56. The number of carbonyl (C=O) groups is 4. The van der Waals surface area contributed by atoms with E-state index >= 15 is 0 Å². The third kappa shape index (κ3) is 3.90. The van der Waals surface area contributed by atoms with Crippen LogP contribution in [0.4, 0.5) is 5.69 Å². The van der Waals surface area contributed by atoms with Crippen LogP contribution in [0, 0.1) is 13.8 Å². The van der Waals surface area contributed by atoms with E-state index in [1.165, 1.54) is 4.90 Å². The molecular formula is C25H29N3O4. The van der Waals surface area contributed by atoms with Crippen molar-refractivity contribution in [3.63, 3.8) is 0 Å². The maximum Gasteiger partial charge on any atom is 0.262 e. The molecule has 1 aliphatic heterocycles. The van der Waals surface area contributed by atoms with E-state index in [2.05, 4.69) is 5.32 Å². The predicted molar refractivity (Wildman–Crippen MR) is 122 cm³/mol. The number of hydrogen-bond donors (Lipinski definition) is 1. The van der Waals surface area contributed by atoms with Gasteiger partial charge in [0, 0.05) is 12.2 Å². The number of imide groups is 1. The van der Waals surface area contributed by atoms with E-state index < -0.39 is 29.8 Å². The van der Waals surface area contributed by atoms with Gasteiger partial charge in [-0.25, -0.2) is 0 Å². The van der Waals surface area contributed by atoms with Crippen molar-refractivity contribution in [1.29, 1.82) is 0 Å². The van der Waals surface area contributed by atoms with Crippen LogP contribution in [0.15, 0.2) is 42.5 Å². The van der Waals surface area contributed by atoms with Crippen LogP contribution < -0.4 is 5.32 Å². The largest absolute Gasteiger partial charge is 0.327 e. The molecule has 0 fully saturated rings. The highest BCUT2D eigenvalue weighted by atomic mass is 16.2. The van der Waals surface area contributed by atoms with Gasteiger partial charge >= 0.3 is 0 Å². The summed E-state index contributed by atoms with van der Waals surface area (Å²) in [4.78, 5) is 54.4. The lowest BCUT2D eigenvalue weighted by Crippen LogP contribution is -2.59. The van der Waals surface area contributed by atoms with Crippen molar-refractivity contribution < 1.29 is 19.2 Å². The minimum Gasteiger partial charge on any atom is -0.327 e. The Morgan fingerprint density at radius 2 is 1.47 bits per heavy atom. The minimum atomic E-state index is -1.15. The minimum absolute atomic E-state index is 0.256. The number of likely N-dealkylation sites (N-methyl/N-ethyl adjacent to an activating group) is 1. The number of nitrogens with zero attached hydrogens (tertiary/aromatic N) is 2. The molecule has 3 rings (SSSR count). The summed E-state index contributed by atoms with van der Waals surface area (Å²) in [6.45, 7) is 9.00. The lowest BCUT2D eigenvalue weighted by atomic mass is 9.94. The molecule has 0 saturated heterocycles. The molecule has 1 N–H and O–H groups in total. The molecule has 7 heteroatoms. The lowest BCUT2D eigenvalue weighted by molar-refractivity contribution is -0.144. The number of amides is 4. The second kappa shape index (κ2) is 8.94. The Morgan fingerprint density at radius 1 is 0.938 bits per heavy atom. The Kier molecular flexibility index (Phi) is 6.48. The number of nitrogens with one attached hydrogen (secondary N) is 1. The van der Waals surface area contributed by atoms with E-state index in [1.807, 2.05) is 39.0 Å². The van der Waals surface area contributed by atoms with Gasteiger partial charge in [0.05, 0.1) is 11.1 Å². The summed E-state index contributed by atoms with van der Waals surface area (Å²) in [7, 11) is 0. The first-order chi connectivity index (χ1) is 15.2. The average Bonchev–Trinajstić information content (AvgIpc) is 3.01. The van der Waals surface area contributed by atoms with Crippen molar-refractivity contribution in [2.75, 3.05) is 18.4 Å². The molecule has 7 nitrogen and oxygen atoms in total. The molecule has 1 atom stereocenters. The van der Waals surface area contributed by atoms with E-state index in [4.69, 9.17) is 0 Å². The van der Waals surface area contributed by atoms with Crippen LogP contribution in [0.3, 0.4) is 0 Å². The smallest absolute Gasteiger partial charge is 0.262 e. The molecule has 1 heterocycles. The van der Waals surface area contributed by atoms with Crippen molar-refractivity contribution in [3.8, 4) is 0 Å². The molecule has 168 valence electrons. The molecule has 0 unspecified atom stereocenters. The van der Waals surface area contributed by atoms with Crippen LogP contribution in [0.25, 0.3) is 0 Å². The number of hydrogen-bond acceptors (Lipinski definition) is 4. The molecule has 2 aromatic carbocycles. The van der Waals surface area contributed by atoms with Gasteiger partial charge in [0.2, 0.25) is 11.8 Å². The van der Waals surface area contributed by atoms with Gasteiger partial charge in [-0.05, 0) is 57.4 Å². The van der Waals surface area contributed by atoms with Gasteiger partial charge < -0.3 is 10.2 Å². The standard InChI is InChI=1S/C25H29N3O4/c1-6-25(5,24(32)26-21-16(3)11-10-12-17(21)4)28(7-2)20(29)15-27-22(30)18-13-8-9-14-19(18)23(27)31/h8-14H,6-7,15H2,1-5H3,(H,26,32)/t25-/m1/s1. The fraction of sp³-hybridized carbons (Fsp3) is 0.360. The summed E-state index contributed by atoms with van der Waals surface area (Å²) in [5, 5.41) is 2.98. The topological polar surface area (TPSA) is 86.8 Å². The number of benzene rings is 2. The zero-order chi connectivity index (χ0) is 23.6. The normalized spacial score (nSPS) is 14.7. The SMILES string of the molecule is CCN(C(=O)CN1C(=O)c2ccccc2C1=O)[C@](C)(CC)C(=O)Nc1c(C)cccc1C. The third-order valence-electron chi connectivity index (χ3n) is 6.28. The average molecular weight is 436 g/mol. The van der Waals surface area contributed by atoms with Gasteiger partial charge in [-0.15, -0.1) is 0 Å². The Morgan fingerprint density at radius 3 is 1.94 bits per heavy atom. The Labute approximate surface area is 188 Å². The second-order valence-electron chi connectivity index (χ2n) is 8.23. The summed E-state index contributed by atoms with van der Waals surface area (Å²) >= 11 is 0. The van der Waals surface area contributed by atoms with E-state index in [0.29, 0.717) is 17.5 Å². The van der Waals surface area contributed by atoms with Crippen LogP contribution in [-0.2, 0) is 9.59 Å². The number of rotatable bonds is 7. The maximum atomic E-state index is 13.4. The van der Waals surface area contributed by atoms with Crippen LogP contribution in [-0.4, -0.2) is 52.1 Å². The summed E-state index contributed by atoms with van der Waals surface area (Å²) in [5.41, 5.74) is 2.01. The van der Waals surface area contributed by atoms with Crippen LogP contribution in [0.2, 0.25) is 0 Å². The molecule has 1 aliphatic rings. The molecule has 0 bridgehead atoms. The number of anilines is 1. The van der Waals surface area contributed by atoms with Gasteiger partial charge in [-0.2, -0.15) is 0 Å². The van der Waals surface area contributed by atoms with Crippen LogP contribution >= 0.6 is 0 Å². The summed E-state index contributed by atoms with van der Waals surface area (Å²) in [6, 6.07) is 12.3. The molecule has 0 spiro atoms. The first-order valence-corrected chi connectivity index (χ1v) is 10.8.